The molecule has 0 bridgehead atoms. The molecule has 0 fully saturated rings. The van der Waals surface area contributed by atoms with Gasteiger partial charge in [-0.25, -0.2) is 22.7 Å². The summed E-state index contributed by atoms with van der Waals surface area (Å²) in [5.74, 6) is -2.28. The van der Waals surface area contributed by atoms with Crippen molar-refractivity contribution in [1.29, 1.82) is 0 Å². The van der Waals surface area contributed by atoms with Crippen LogP contribution in [0.25, 0.3) is 11.1 Å². The summed E-state index contributed by atoms with van der Waals surface area (Å²) >= 11 is 0. The first-order chi connectivity index (χ1) is 11.6. The highest BCUT2D eigenvalue weighted by molar-refractivity contribution is 7.92. The maximum absolute atomic E-state index is 13.8. The molecule has 2 N–H and O–H groups in total. The Hall–Kier alpha value is -2.33. The SMILES string of the molecule is CC(CCn1cc(-c2cc(F)ccc2F)cn1)(C(=O)NO)S(C)(=O)=O. The molecule has 2 rings (SSSR count). The predicted octanol–water partition coefficient (Wildman–Crippen LogP) is 1.53. The Bertz CT molecular complexity index is 898. The van der Waals surface area contributed by atoms with Crippen molar-refractivity contribution in [3.63, 3.8) is 0 Å². The van der Waals surface area contributed by atoms with E-state index in [1.807, 2.05) is 0 Å². The van der Waals surface area contributed by atoms with E-state index < -0.39 is 32.1 Å². The second-order valence-corrected chi connectivity index (χ2v) is 8.26. The highest BCUT2D eigenvalue weighted by Gasteiger charge is 2.43. The molecular formula is C15H17F2N3O4S. The van der Waals surface area contributed by atoms with Gasteiger partial charge in [-0.15, -0.1) is 0 Å². The number of rotatable bonds is 6. The summed E-state index contributed by atoms with van der Waals surface area (Å²) in [5.41, 5.74) is 1.68. The van der Waals surface area contributed by atoms with Gasteiger partial charge < -0.3 is 0 Å². The highest BCUT2D eigenvalue weighted by Crippen LogP contribution is 2.25. The van der Waals surface area contributed by atoms with E-state index in [1.165, 1.54) is 29.5 Å². The second kappa shape index (κ2) is 6.89. The van der Waals surface area contributed by atoms with Gasteiger partial charge in [0.1, 0.15) is 11.6 Å². The maximum Gasteiger partial charge on any atom is 0.264 e. The van der Waals surface area contributed by atoms with Gasteiger partial charge in [0, 0.05) is 30.1 Å². The molecule has 0 aliphatic heterocycles. The fourth-order valence-corrected chi connectivity index (χ4v) is 3.10. The molecule has 0 aliphatic rings. The first kappa shape index (κ1) is 19.0. The van der Waals surface area contributed by atoms with Crippen molar-refractivity contribution >= 4 is 15.7 Å². The lowest BCUT2D eigenvalue weighted by atomic mass is 10.1. The van der Waals surface area contributed by atoms with Gasteiger partial charge in [-0.2, -0.15) is 5.10 Å². The van der Waals surface area contributed by atoms with E-state index in [2.05, 4.69) is 5.10 Å². The van der Waals surface area contributed by atoms with Crippen LogP contribution in [-0.2, 0) is 21.2 Å². The first-order valence-corrected chi connectivity index (χ1v) is 9.09. The molecular weight excluding hydrogens is 356 g/mol. The van der Waals surface area contributed by atoms with Crippen LogP contribution in [0.4, 0.5) is 8.78 Å². The number of carbonyl (C=O) groups is 1. The Labute approximate surface area is 143 Å². The summed E-state index contributed by atoms with van der Waals surface area (Å²) in [4.78, 5) is 11.7. The number of sulfone groups is 1. The Morgan fingerprint density at radius 3 is 2.68 bits per heavy atom. The Kier molecular flexibility index (Phi) is 5.23. The third-order valence-electron chi connectivity index (χ3n) is 4.09. The molecule has 25 heavy (non-hydrogen) atoms. The minimum absolute atomic E-state index is 0.00786. The van der Waals surface area contributed by atoms with Crippen LogP contribution in [0.2, 0.25) is 0 Å². The van der Waals surface area contributed by atoms with E-state index >= 15 is 0 Å². The Morgan fingerprint density at radius 1 is 1.40 bits per heavy atom. The molecule has 0 radical (unpaired) electrons. The van der Waals surface area contributed by atoms with Gasteiger partial charge >= 0.3 is 0 Å². The molecule has 1 aromatic carbocycles. The molecule has 136 valence electrons. The topological polar surface area (TPSA) is 101 Å². The van der Waals surface area contributed by atoms with Crippen molar-refractivity contribution in [3.05, 3.63) is 42.2 Å². The zero-order valence-corrected chi connectivity index (χ0v) is 14.3. The third kappa shape index (κ3) is 3.85. The van der Waals surface area contributed by atoms with Crippen molar-refractivity contribution in [1.82, 2.24) is 15.3 Å². The summed E-state index contributed by atoms with van der Waals surface area (Å²) < 4.78 is 50.3. The number of hydrogen-bond acceptors (Lipinski definition) is 5. The number of nitrogens with zero attached hydrogens (tertiary/aromatic N) is 2. The van der Waals surface area contributed by atoms with E-state index in [9.17, 15) is 22.0 Å². The van der Waals surface area contributed by atoms with Crippen molar-refractivity contribution in [2.24, 2.45) is 0 Å². The molecule has 1 atom stereocenters. The second-order valence-electron chi connectivity index (χ2n) is 5.81. The van der Waals surface area contributed by atoms with E-state index in [4.69, 9.17) is 5.21 Å². The molecule has 0 aliphatic carbocycles. The van der Waals surface area contributed by atoms with Gasteiger partial charge in [-0.05, 0) is 31.5 Å². The minimum atomic E-state index is -3.83. The van der Waals surface area contributed by atoms with Gasteiger partial charge in [0.15, 0.2) is 14.6 Å². The first-order valence-electron chi connectivity index (χ1n) is 7.20. The van der Waals surface area contributed by atoms with Crippen LogP contribution < -0.4 is 5.48 Å². The summed E-state index contributed by atoms with van der Waals surface area (Å²) in [6.45, 7) is 1.19. The summed E-state index contributed by atoms with van der Waals surface area (Å²) in [5, 5.41) is 12.7. The number of aromatic nitrogens is 2. The van der Waals surface area contributed by atoms with Gasteiger partial charge in [0.2, 0.25) is 0 Å². The van der Waals surface area contributed by atoms with Gasteiger partial charge in [0.25, 0.3) is 5.91 Å². The fraction of sp³-hybridized carbons (Fsp3) is 0.333. The zero-order chi connectivity index (χ0) is 18.8. The monoisotopic (exact) mass is 373 g/mol. The van der Waals surface area contributed by atoms with Crippen molar-refractivity contribution in [2.45, 2.75) is 24.6 Å². The molecule has 1 amide bonds. The quantitative estimate of drug-likeness (QED) is 0.591. The van der Waals surface area contributed by atoms with Crippen LogP contribution in [0.3, 0.4) is 0 Å². The maximum atomic E-state index is 13.8. The highest BCUT2D eigenvalue weighted by atomic mass is 32.2. The predicted molar refractivity (Wildman–Crippen MR) is 85.4 cm³/mol. The van der Waals surface area contributed by atoms with E-state index in [0.717, 1.165) is 24.5 Å². The molecule has 2 aromatic rings. The van der Waals surface area contributed by atoms with Crippen LogP contribution in [0, 0.1) is 11.6 Å². The summed E-state index contributed by atoms with van der Waals surface area (Å²) in [7, 11) is -3.83. The molecule has 1 aromatic heterocycles. The summed E-state index contributed by atoms with van der Waals surface area (Å²) in [6, 6.07) is 3.01. The lowest BCUT2D eigenvalue weighted by Gasteiger charge is -2.24. The van der Waals surface area contributed by atoms with E-state index in [-0.39, 0.29) is 18.5 Å². The fourth-order valence-electron chi connectivity index (χ4n) is 2.26. The largest absolute Gasteiger partial charge is 0.289 e. The van der Waals surface area contributed by atoms with Crippen molar-refractivity contribution in [3.8, 4) is 11.1 Å². The van der Waals surface area contributed by atoms with E-state index in [0.29, 0.717) is 5.56 Å². The summed E-state index contributed by atoms with van der Waals surface area (Å²) in [6.07, 6.45) is 3.43. The molecule has 1 heterocycles. The average Bonchev–Trinajstić information content (AvgIpc) is 3.01. The lowest BCUT2D eigenvalue weighted by Crippen LogP contribution is -2.49. The molecule has 0 saturated heterocycles. The number of benzene rings is 1. The van der Waals surface area contributed by atoms with Crippen molar-refractivity contribution < 1.29 is 27.2 Å². The zero-order valence-electron chi connectivity index (χ0n) is 13.5. The standard InChI is InChI=1S/C15H17F2N3O4S/c1-15(14(21)19-22,25(2,23)24)5-6-20-9-10(8-18-20)12-7-11(16)3-4-13(12)17/h3-4,7-9,22H,5-6H2,1-2H3,(H,19,21). The van der Waals surface area contributed by atoms with Crippen LogP contribution >= 0.6 is 0 Å². The molecule has 0 spiro atoms. The number of nitrogens with one attached hydrogen (secondary N) is 1. The van der Waals surface area contributed by atoms with Crippen LogP contribution in [0.5, 0.6) is 0 Å². The third-order valence-corrected chi connectivity index (χ3v) is 6.12. The number of hydroxylamine groups is 1. The Balaban J connectivity index is 2.24. The van der Waals surface area contributed by atoms with Crippen LogP contribution in [0.1, 0.15) is 13.3 Å². The van der Waals surface area contributed by atoms with Crippen molar-refractivity contribution in [2.75, 3.05) is 6.26 Å². The Morgan fingerprint density at radius 2 is 2.08 bits per heavy atom. The number of aryl methyl sites for hydroxylation is 1. The van der Waals surface area contributed by atoms with Crippen LogP contribution in [0.15, 0.2) is 30.6 Å². The molecule has 1 unspecified atom stereocenters. The van der Waals surface area contributed by atoms with Gasteiger partial charge in [-0.1, -0.05) is 0 Å². The number of hydrogen-bond donors (Lipinski definition) is 2. The van der Waals surface area contributed by atoms with Gasteiger partial charge in [-0.3, -0.25) is 14.7 Å². The number of halogens is 2. The number of amides is 1. The molecule has 10 heteroatoms. The van der Waals surface area contributed by atoms with Crippen LogP contribution in [-0.4, -0.2) is 40.3 Å². The molecule has 0 saturated carbocycles. The van der Waals surface area contributed by atoms with Gasteiger partial charge in [0.05, 0.1) is 6.20 Å². The normalized spacial score (nSPS) is 14.1. The lowest BCUT2D eigenvalue weighted by molar-refractivity contribution is -0.131. The minimum Gasteiger partial charge on any atom is -0.289 e. The van der Waals surface area contributed by atoms with E-state index in [1.54, 1.807) is 0 Å². The smallest absolute Gasteiger partial charge is 0.264 e. The number of carbonyl (C=O) groups excluding carboxylic acids is 1. The molecule has 7 nitrogen and oxygen atoms in total. The average molecular weight is 373 g/mol.